The van der Waals surface area contributed by atoms with E-state index in [1.165, 1.54) is 18.0 Å². The van der Waals surface area contributed by atoms with Crippen LogP contribution in [0.1, 0.15) is 41.1 Å². The van der Waals surface area contributed by atoms with Crippen LogP contribution < -0.4 is 15.4 Å². The van der Waals surface area contributed by atoms with E-state index in [1.54, 1.807) is 12.1 Å². The zero-order chi connectivity index (χ0) is 27.7. The summed E-state index contributed by atoms with van der Waals surface area (Å²) in [6.07, 6.45) is 1.08. The second-order valence-electron chi connectivity index (χ2n) is 9.44. The molecule has 0 saturated carbocycles. The van der Waals surface area contributed by atoms with Crippen molar-refractivity contribution >= 4 is 23.5 Å². The second kappa shape index (κ2) is 13.5. The summed E-state index contributed by atoms with van der Waals surface area (Å²) in [5.74, 6) is 0.582. The van der Waals surface area contributed by atoms with Crippen molar-refractivity contribution in [2.45, 2.75) is 43.1 Å². The van der Waals surface area contributed by atoms with Gasteiger partial charge in [-0.15, -0.1) is 0 Å². The van der Waals surface area contributed by atoms with Crippen molar-refractivity contribution in [1.29, 1.82) is 0 Å². The number of thioether (sulfide) groups is 1. The van der Waals surface area contributed by atoms with Crippen LogP contribution in [0, 0.1) is 5.21 Å². The van der Waals surface area contributed by atoms with Gasteiger partial charge in [0.15, 0.2) is 12.5 Å². The predicted molar refractivity (Wildman–Crippen MR) is 153 cm³/mol. The molecule has 1 fully saturated rings. The number of anilines is 1. The van der Waals surface area contributed by atoms with Crippen LogP contribution in [-0.2, 0) is 22.6 Å². The molecule has 1 aromatic heterocycles. The molecule has 0 radical (unpaired) electrons. The number of ether oxygens (including phenoxy) is 2. The first kappa shape index (κ1) is 27.7. The molecule has 1 aliphatic rings. The Hall–Kier alpha value is -3.89. The van der Waals surface area contributed by atoms with Gasteiger partial charge in [-0.25, -0.2) is 4.79 Å². The fourth-order valence-corrected chi connectivity index (χ4v) is 5.34. The van der Waals surface area contributed by atoms with Gasteiger partial charge in [-0.1, -0.05) is 78.5 Å². The average Bonchev–Trinajstić information content (AvgIpc) is 3.00. The Bertz CT molecular complexity index is 1390. The van der Waals surface area contributed by atoms with Crippen LogP contribution in [0.3, 0.4) is 0 Å². The number of aliphatic hydroxyl groups excluding tert-OH is 1. The van der Waals surface area contributed by atoms with Crippen molar-refractivity contribution in [3.8, 4) is 0 Å². The van der Waals surface area contributed by atoms with E-state index in [0.717, 1.165) is 27.0 Å². The number of nitrogens with zero attached hydrogens (tertiary/aromatic N) is 1. The van der Waals surface area contributed by atoms with Crippen LogP contribution in [-0.4, -0.2) is 23.0 Å². The Labute approximate surface area is 237 Å². The SMILES string of the molecule is O=C(NCc1ccccc1)Nc1ccc([C@@H]2O[C@H](CSc3cccc[n+]3[O-])C[C@H](c3ccc(CO)cc3)O2)cc1. The minimum atomic E-state index is -0.627. The number of pyridine rings is 1. The van der Waals surface area contributed by atoms with Gasteiger partial charge in [0.05, 0.1) is 18.8 Å². The first-order valence-corrected chi connectivity index (χ1v) is 14.1. The van der Waals surface area contributed by atoms with E-state index < -0.39 is 6.29 Å². The zero-order valence-electron chi connectivity index (χ0n) is 21.8. The summed E-state index contributed by atoms with van der Waals surface area (Å²) in [5.41, 5.74) is 4.31. The predicted octanol–water partition coefficient (Wildman–Crippen LogP) is 5.47. The largest absolute Gasteiger partial charge is 0.618 e. The number of amides is 2. The number of aliphatic hydroxyl groups is 1. The minimum absolute atomic E-state index is 0.0201. The molecule has 3 aromatic carbocycles. The van der Waals surface area contributed by atoms with E-state index >= 15 is 0 Å². The highest BCUT2D eigenvalue weighted by molar-refractivity contribution is 7.99. The van der Waals surface area contributed by atoms with Gasteiger partial charge in [0.1, 0.15) is 0 Å². The Morgan fingerprint density at radius 1 is 0.900 bits per heavy atom. The average molecular weight is 558 g/mol. The lowest BCUT2D eigenvalue weighted by Crippen LogP contribution is -2.32. The van der Waals surface area contributed by atoms with E-state index in [9.17, 15) is 15.1 Å². The molecule has 0 unspecified atom stereocenters. The monoisotopic (exact) mass is 557 g/mol. The fraction of sp³-hybridized carbons (Fsp3) is 0.226. The molecule has 0 bridgehead atoms. The number of hydrogen-bond donors (Lipinski definition) is 3. The topological polar surface area (TPSA) is 107 Å². The van der Waals surface area contributed by atoms with Crippen LogP contribution in [0.2, 0.25) is 0 Å². The molecule has 0 spiro atoms. The number of benzene rings is 3. The van der Waals surface area contributed by atoms with Crippen molar-refractivity contribution in [1.82, 2.24) is 5.32 Å². The van der Waals surface area contributed by atoms with E-state index in [1.807, 2.05) is 84.9 Å². The van der Waals surface area contributed by atoms with E-state index in [2.05, 4.69) is 10.6 Å². The summed E-state index contributed by atoms with van der Waals surface area (Å²) >= 11 is 1.45. The molecule has 9 heteroatoms. The highest BCUT2D eigenvalue weighted by Gasteiger charge is 2.32. The van der Waals surface area contributed by atoms with Gasteiger partial charge < -0.3 is 30.4 Å². The first-order chi connectivity index (χ1) is 19.6. The molecule has 2 amide bonds. The molecule has 3 N–H and O–H groups in total. The van der Waals surface area contributed by atoms with Crippen molar-refractivity contribution in [2.24, 2.45) is 0 Å². The maximum Gasteiger partial charge on any atom is 0.319 e. The number of aromatic nitrogens is 1. The highest BCUT2D eigenvalue weighted by Crippen LogP contribution is 2.39. The lowest BCUT2D eigenvalue weighted by atomic mass is 10.0. The van der Waals surface area contributed by atoms with E-state index in [4.69, 9.17) is 9.47 Å². The highest BCUT2D eigenvalue weighted by atomic mass is 32.2. The van der Waals surface area contributed by atoms with Gasteiger partial charge in [-0.2, -0.15) is 4.73 Å². The van der Waals surface area contributed by atoms with Crippen LogP contribution in [0.15, 0.2) is 108 Å². The van der Waals surface area contributed by atoms with Crippen LogP contribution in [0.5, 0.6) is 0 Å². The lowest BCUT2D eigenvalue weighted by Gasteiger charge is -2.36. The number of carbonyl (C=O) groups excluding carboxylic acids is 1. The molecule has 3 atom stereocenters. The lowest BCUT2D eigenvalue weighted by molar-refractivity contribution is -0.645. The van der Waals surface area contributed by atoms with E-state index in [0.29, 0.717) is 29.4 Å². The fourth-order valence-electron chi connectivity index (χ4n) is 4.40. The third-order valence-electron chi connectivity index (χ3n) is 6.56. The zero-order valence-corrected chi connectivity index (χ0v) is 22.6. The molecular formula is C31H31N3O5S. The van der Waals surface area contributed by atoms with E-state index in [-0.39, 0.29) is 24.8 Å². The Morgan fingerprint density at radius 2 is 1.62 bits per heavy atom. The summed E-state index contributed by atoms with van der Waals surface area (Å²) in [4.78, 5) is 12.4. The van der Waals surface area contributed by atoms with Gasteiger partial charge in [0.25, 0.3) is 5.03 Å². The minimum Gasteiger partial charge on any atom is -0.618 e. The van der Waals surface area contributed by atoms with Crippen LogP contribution >= 0.6 is 11.8 Å². The number of urea groups is 1. The molecule has 1 aliphatic heterocycles. The second-order valence-corrected chi connectivity index (χ2v) is 10.5. The third-order valence-corrected chi connectivity index (χ3v) is 7.71. The normalized spacial score (nSPS) is 18.7. The van der Waals surface area contributed by atoms with Gasteiger partial charge in [-0.05, 0) is 34.9 Å². The standard InChI is InChI=1S/C31H31N3O5S/c35-20-23-9-11-24(12-10-23)28-18-27(21-40-29-8-4-5-17-34(29)37)38-30(39-28)25-13-15-26(16-14-25)33-31(36)32-19-22-6-2-1-3-7-22/h1-17,27-28,30,35H,18-21H2,(H2,32,33,36)/t27-,28+,30+/m0/s1. The number of carbonyl (C=O) groups is 1. The Balaban J connectivity index is 1.25. The summed E-state index contributed by atoms with van der Waals surface area (Å²) in [5, 5.41) is 27.9. The maximum absolute atomic E-state index is 12.4. The summed E-state index contributed by atoms with van der Waals surface area (Å²) in [7, 11) is 0. The smallest absolute Gasteiger partial charge is 0.319 e. The van der Waals surface area contributed by atoms with Crippen molar-refractivity contribution in [3.05, 3.63) is 131 Å². The summed E-state index contributed by atoms with van der Waals surface area (Å²) in [6, 6.07) is 29.9. The number of hydrogen-bond acceptors (Lipinski definition) is 6. The molecule has 8 nitrogen and oxygen atoms in total. The van der Waals surface area contributed by atoms with Gasteiger partial charge >= 0.3 is 6.03 Å². The number of nitrogens with one attached hydrogen (secondary N) is 2. The molecule has 40 heavy (non-hydrogen) atoms. The molecular weight excluding hydrogens is 526 g/mol. The van der Waals surface area contributed by atoms with Gasteiger partial charge in [-0.3, -0.25) is 0 Å². The van der Waals surface area contributed by atoms with Crippen LogP contribution in [0.4, 0.5) is 10.5 Å². The van der Waals surface area contributed by atoms with Crippen molar-refractivity contribution in [2.75, 3.05) is 11.1 Å². The third kappa shape index (κ3) is 7.40. The maximum atomic E-state index is 12.4. The van der Waals surface area contributed by atoms with Gasteiger partial charge in [0.2, 0.25) is 0 Å². The number of rotatable bonds is 9. The molecule has 2 heterocycles. The molecule has 206 valence electrons. The molecule has 0 aliphatic carbocycles. The van der Waals surface area contributed by atoms with Crippen LogP contribution in [0.25, 0.3) is 0 Å². The van der Waals surface area contributed by atoms with Crippen molar-refractivity contribution < 1.29 is 24.1 Å². The molecule has 4 aromatic rings. The quantitative estimate of drug-likeness (QED) is 0.143. The first-order valence-electron chi connectivity index (χ1n) is 13.1. The van der Waals surface area contributed by atoms with Gasteiger partial charge in [0, 0.05) is 42.1 Å². The summed E-state index contributed by atoms with van der Waals surface area (Å²) < 4.78 is 13.6. The van der Waals surface area contributed by atoms with Crippen molar-refractivity contribution in [3.63, 3.8) is 0 Å². The molecule has 5 rings (SSSR count). The Morgan fingerprint density at radius 3 is 2.35 bits per heavy atom. The Kier molecular flexibility index (Phi) is 9.30. The molecule has 1 saturated heterocycles. The summed E-state index contributed by atoms with van der Waals surface area (Å²) in [6.45, 7) is 0.414.